The van der Waals surface area contributed by atoms with Gasteiger partial charge in [0.05, 0.1) is 24.2 Å². The lowest BCUT2D eigenvalue weighted by molar-refractivity contribution is -0.118. The molecular weight excluding hydrogens is 450 g/mol. The van der Waals surface area contributed by atoms with E-state index in [4.69, 9.17) is 14.5 Å². The van der Waals surface area contributed by atoms with Gasteiger partial charge in [0.1, 0.15) is 5.75 Å². The Kier molecular flexibility index (Phi) is 8.61. The molecule has 0 saturated heterocycles. The van der Waals surface area contributed by atoms with Crippen LogP contribution < -0.4 is 14.8 Å². The maximum absolute atomic E-state index is 11.2. The van der Waals surface area contributed by atoms with Gasteiger partial charge >= 0.3 is 0 Å². The molecule has 2 heterocycles. The number of aryl methyl sites for hydroxylation is 2. The number of carbonyl (C=O) groups excluding carboxylic acids is 1. The van der Waals surface area contributed by atoms with Gasteiger partial charge in [-0.25, -0.2) is 4.98 Å². The van der Waals surface area contributed by atoms with E-state index in [0.717, 1.165) is 48.0 Å². The standard InChI is InChI=1S/C30H35N3O3/c1-4-23-9-5-6-10-27(23)24-11-13-26(14-12-24)35-19-7-8-20-36-29-16-15-28-30(32-29)25(21-33(28)3)17-18-31-22(2)34/h5-6,9-16,21H,4,7-8,17-20H2,1-3H3,(H,31,34). The number of nitrogens with one attached hydrogen (secondary N) is 1. The highest BCUT2D eigenvalue weighted by molar-refractivity contribution is 5.80. The number of benzene rings is 2. The molecule has 0 aliphatic rings. The van der Waals surface area contributed by atoms with Crippen LogP contribution in [-0.2, 0) is 24.7 Å². The largest absolute Gasteiger partial charge is 0.494 e. The van der Waals surface area contributed by atoms with Gasteiger partial charge in [-0.1, -0.05) is 43.3 Å². The second-order valence-electron chi connectivity index (χ2n) is 8.95. The first-order valence-corrected chi connectivity index (χ1v) is 12.7. The number of hydrogen-bond acceptors (Lipinski definition) is 4. The highest BCUT2D eigenvalue weighted by Gasteiger charge is 2.10. The molecule has 0 fully saturated rings. The van der Waals surface area contributed by atoms with E-state index >= 15 is 0 Å². The number of nitrogens with zero attached hydrogens (tertiary/aromatic N) is 2. The molecule has 0 bridgehead atoms. The lowest BCUT2D eigenvalue weighted by Crippen LogP contribution is -2.22. The van der Waals surface area contributed by atoms with Crippen molar-refractivity contribution in [3.05, 3.63) is 78.0 Å². The Balaban J connectivity index is 1.22. The van der Waals surface area contributed by atoms with E-state index in [9.17, 15) is 4.79 Å². The van der Waals surface area contributed by atoms with Crippen molar-refractivity contribution < 1.29 is 14.3 Å². The van der Waals surface area contributed by atoms with Crippen molar-refractivity contribution in [1.82, 2.24) is 14.9 Å². The first kappa shape index (κ1) is 25.3. The summed E-state index contributed by atoms with van der Waals surface area (Å²) in [5, 5.41) is 2.84. The van der Waals surface area contributed by atoms with Gasteiger partial charge in [-0.05, 0) is 66.1 Å². The topological polar surface area (TPSA) is 65.4 Å². The fraction of sp³-hybridized carbons (Fsp3) is 0.333. The van der Waals surface area contributed by atoms with E-state index in [2.05, 4.69) is 59.4 Å². The summed E-state index contributed by atoms with van der Waals surface area (Å²) < 4.78 is 13.9. The van der Waals surface area contributed by atoms with E-state index in [1.165, 1.54) is 23.6 Å². The number of unbranched alkanes of at least 4 members (excludes halogenated alkanes) is 1. The third kappa shape index (κ3) is 6.45. The van der Waals surface area contributed by atoms with Gasteiger partial charge in [0.15, 0.2) is 0 Å². The molecule has 36 heavy (non-hydrogen) atoms. The number of hydrogen-bond donors (Lipinski definition) is 1. The number of carbonyl (C=O) groups is 1. The summed E-state index contributed by atoms with van der Waals surface area (Å²) in [6.07, 6.45) is 5.60. The van der Waals surface area contributed by atoms with Crippen LogP contribution in [0.1, 0.15) is 37.8 Å². The average molecular weight is 486 g/mol. The molecule has 6 nitrogen and oxygen atoms in total. The van der Waals surface area contributed by atoms with Crippen LogP contribution in [0.25, 0.3) is 22.2 Å². The predicted molar refractivity (Wildman–Crippen MR) is 145 cm³/mol. The molecular formula is C30H35N3O3. The van der Waals surface area contributed by atoms with Crippen molar-refractivity contribution in [2.24, 2.45) is 7.05 Å². The number of amides is 1. The number of aromatic nitrogens is 2. The molecule has 4 rings (SSSR count). The Morgan fingerprint density at radius 3 is 2.44 bits per heavy atom. The monoisotopic (exact) mass is 485 g/mol. The molecule has 0 aliphatic carbocycles. The molecule has 2 aromatic carbocycles. The third-order valence-electron chi connectivity index (χ3n) is 6.27. The molecule has 4 aromatic rings. The molecule has 1 N–H and O–H groups in total. The normalized spacial score (nSPS) is 11.0. The quantitative estimate of drug-likeness (QED) is 0.261. The summed E-state index contributed by atoms with van der Waals surface area (Å²) in [6, 6.07) is 20.8. The van der Waals surface area contributed by atoms with E-state index < -0.39 is 0 Å². The Morgan fingerprint density at radius 2 is 1.69 bits per heavy atom. The van der Waals surface area contributed by atoms with Gasteiger partial charge in [-0.3, -0.25) is 4.79 Å². The van der Waals surface area contributed by atoms with E-state index in [0.29, 0.717) is 25.6 Å². The Hall–Kier alpha value is -3.80. The molecule has 0 unspecified atom stereocenters. The van der Waals surface area contributed by atoms with E-state index in [1.807, 2.05) is 31.3 Å². The van der Waals surface area contributed by atoms with Gasteiger partial charge in [0, 0.05) is 32.8 Å². The van der Waals surface area contributed by atoms with E-state index in [1.54, 1.807) is 0 Å². The molecule has 0 saturated carbocycles. The summed E-state index contributed by atoms with van der Waals surface area (Å²) in [6.45, 7) is 5.54. The number of rotatable bonds is 12. The summed E-state index contributed by atoms with van der Waals surface area (Å²) in [5.74, 6) is 1.49. The first-order chi connectivity index (χ1) is 17.5. The van der Waals surface area contributed by atoms with Crippen LogP contribution in [-0.4, -0.2) is 35.2 Å². The number of fused-ring (bicyclic) bond motifs is 1. The summed E-state index contributed by atoms with van der Waals surface area (Å²) in [7, 11) is 2.00. The summed E-state index contributed by atoms with van der Waals surface area (Å²) >= 11 is 0. The van der Waals surface area contributed by atoms with Crippen molar-refractivity contribution in [2.75, 3.05) is 19.8 Å². The van der Waals surface area contributed by atoms with Crippen LogP contribution in [0.15, 0.2) is 66.9 Å². The first-order valence-electron chi connectivity index (χ1n) is 12.7. The molecule has 2 aromatic heterocycles. The van der Waals surface area contributed by atoms with Gasteiger partial charge in [0.25, 0.3) is 0 Å². The van der Waals surface area contributed by atoms with Crippen molar-refractivity contribution in [3.63, 3.8) is 0 Å². The molecule has 0 atom stereocenters. The van der Waals surface area contributed by atoms with Crippen LogP contribution in [0.2, 0.25) is 0 Å². The SMILES string of the molecule is CCc1ccccc1-c1ccc(OCCCCOc2ccc3c(n2)c(CCNC(C)=O)cn3C)cc1. The summed E-state index contributed by atoms with van der Waals surface area (Å²) in [4.78, 5) is 15.9. The second kappa shape index (κ2) is 12.2. The lowest BCUT2D eigenvalue weighted by atomic mass is 9.98. The van der Waals surface area contributed by atoms with Crippen molar-refractivity contribution in [3.8, 4) is 22.8 Å². The van der Waals surface area contributed by atoms with Gasteiger partial charge < -0.3 is 19.4 Å². The van der Waals surface area contributed by atoms with Crippen LogP contribution in [0.3, 0.4) is 0 Å². The maximum atomic E-state index is 11.2. The zero-order valence-corrected chi connectivity index (χ0v) is 21.4. The number of pyridine rings is 1. The minimum absolute atomic E-state index is 0.0223. The smallest absolute Gasteiger partial charge is 0.216 e. The van der Waals surface area contributed by atoms with Crippen LogP contribution in [0.4, 0.5) is 0 Å². The van der Waals surface area contributed by atoms with Gasteiger partial charge in [-0.15, -0.1) is 0 Å². The highest BCUT2D eigenvalue weighted by atomic mass is 16.5. The Labute approximate surface area is 213 Å². The Morgan fingerprint density at radius 1 is 0.944 bits per heavy atom. The summed E-state index contributed by atoms with van der Waals surface area (Å²) in [5.41, 5.74) is 6.93. The predicted octanol–water partition coefficient (Wildman–Crippen LogP) is 5.72. The maximum Gasteiger partial charge on any atom is 0.216 e. The molecule has 0 spiro atoms. The molecule has 0 aliphatic heterocycles. The average Bonchev–Trinajstić information content (AvgIpc) is 3.20. The second-order valence-corrected chi connectivity index (χ2v) is 8.95. The Bertz CT molecular complexity index is 1290. The van der Waals surface area contributed by atoms with Crippen LogP contribution in [0.5, 0.6) is 11.6 Å². The van der Waals surface area contributed by atoms with Crippen LogP contribution >= 0.6 is 0 Å². The fourth-order valence-electron chi connectivity index (χ4n) is 4.37. The minimum Gasteiger partial charge on any atom is -0.494 e. The molecule has 6 heteroatoms. The van der Waals surface area contributed by atoms with E-state index in [-0.39, 0.29) is 5.91 Å². The minimum atomic E-state index is -0.0223. The van der Waals surface area contributed by atoms with Crippen LogP contribution in [0, 0.1) is 0 Å². The van der Waals surface area contributed by atoms with Crippen molar-refractivity contribution in [2.45, 2.75) is 39.5 Å². The highest BCUT2D eigenvalue weighted by Crippen LogP contribution is 2.26. The van der Waals surface area contributed by atoms with Crippen molar-refractivity contribution >= 4 is 16.9 Å². The zero-order chi connectivity index (χ0) is 25.3. The molecule has 1 amide bonds. The third-order valence-corrected chi connectivity index (χ3v) is 6.27. The lowest BCUT2D eigenvalue weighted by Gasteiger charge is -2.10. The number of ether oxygens (including phenoxy) is 2. The fourth-order valence-corrected chi connectivity index (χ4v) is 4.37. The molecule has 188 valence electrons. The van der Waals surface area contributed by atoms with Gasteiger partial charge in [-0.2, -0.15) is 0 Å². The van der Waals surface area contributed by atoms with Crippen molar-refractivity contribution in [1.29, 1.82) is 0 Å². The zero-order valence-electron chi connectivity index (χ0n) is 21.4. The van der Waals surface area contributed by atoms with Gasteiger partial charge in [0.2, 0.25) is 11.8 Å². The molecule has 0 radical (unpaired) electrons.